The maximum atomic E-state index is 12.4. The first-order valence-corrected chi connectivity index (χ1v) is 24.4. The Morgan fingerprint density at radius 2 is 0.766 bits per heavy atom. The Hall–Kier alpha value is -6.36. The van der Waals surface area contributed by atoms with Crippen molar-refractivity contribution in [3.8, 4) is 17.2 Å². The average molecular weight is 1170 g/mol. The summed E-state index contributed by atoms with van der Waals surface area (Å²) < 4.78 is 25.1. The van der Waals surface area contributed by atoms with Crippen LogP contribution in [0.25, 0.3) is 0 Å². The number of benzene rings is 6. The third-order valence-corrected chi connectivity index (χ3v) is 11.6. The predicted octanol–water partition coefficient (Wildman–Crippen LogP) is 10.7. The number of amides is 2. The van der Waals surface area contributed by atoms with Gasteiger partial charge in [-0.15, -0.1) is 0 Å². The minimum absolute atomic E-state index is 0. The van der Waals surface area contributed by atoms with Crippen molar-refractivity contribution in [2.75, 3.05) is 50.4 Å². The number of aryl methyl sites for hydroxylation is 3. The van der Waals surface area contributed by atoms with Gasteiger partial charge in [-0.3, -0.25) is 9.59 Å². The maximum Gasteiger partial charge on any atom is 1.00 e. The van der Waals surface area contributed by atoms with E-state index in [0.717, 1.165) is 5.56 Å². The van der Waals surface area contributed by atoms with Gasteiger partial charge in [-0.05, 0) is 149 Å². The number of methoxy groups -OCH3 is 2. The van der Waals surface area contributed by atoms with Crippen LogP contribution in [-0.4, -0.2) is 85.4 Å². The standard InChI is InChI=1S/C18H17Cl2NO4.C17H15Cl2NO4.C9H8Cl2O3.C9H11NO2.Li.H2O/c1-4-25-16-14(19)8-11(9-15(16)20)17(22)21-12-5-6-13(10(2)7-12)18(23)24-3;1-3-24-15-13(18)7-10(8-14(15)19)16(21)20-11-4-5-12(17(22)23)9(2)6-11;1-2-14-8-6(10)3-5(9(12)13)4-7(8)11;1-6-5-7(10)3-4-8(6)9(11)12-2;;/h5-9H,4H2,1-3H3,(H,21,22);4-8H,3H2,1-2H3,(H,20,21)(H,22,23);3-4H,2H2,1H3,(H,12,13);3-5H,10H2,1-2H3;;1H2/q;;;;+1;/p-1. The minimum Gasteiger partial charge on any atom is -0.870 e. The number of hydrogen-bond donors (Lipinski definition) is 5. The molecular formula is C53H52Cl6LiN3O14. The SMILES string of the molecule is CCOc1c(Cl)cc(C(=O)Nc2ccc(C(=O)O)c(C)c2)cc1Cl.CCOc1c(Cl)cc(C(=O)Nc2ccc(C(=O)OC)c(C)c2)cc1Cl.CCOc1c(Cl)cc(C(=O)O)cc1Cl.COC(=O)c1ccc(N)cc1C.[Li+].[OH-]. The van der Waals surface area contributed by atoms with Crippen LogP contribution in [0.5, 0.6) is 17.2 Å². The van der Waals surface area contributed by atoms with Gasteiger partial charge in [-0.1, -0.05) is 69.6 Å². The molecule has 0 aliphatic heterocycles. The monoisotopic (exact) mass is 1170 g/mol. The number of aromatic carboxylic acids is 2. The van der Waals surface area contributed by atoms with E-state index in [4.69, 9.17) is 104 Å². The zero-order chi connectivity index (χ0) is 56.3. The Kier molecular flexibility index (Phi) is 29.5. The predicted molar refractivity (Wildman–Crippen MR) is 295 cm³/mol. The average Bonchev–Trinajstić information content (AvgIpc) is 3.34. The molecule has 0 aromatic heterocycles. The van der Waals surface area contributed by atoms with Gasteiger partial charge in [0.2, 0.25) is 0 Å². The number of rotatable bonds is 14. The van der Waals surface area contributed by atoms with E-state index in [2.05, 4.69) is 15.4 Å². The van der Waals surface area contributed by atoms with E-state index in [1.165, 1.54) is 62.8 Å². The second-order valence-electron chi connectivity index (χ2n) is 15.2. The van der Waals surface area contributed by atoms with Crippen LogP contribution in [-0.2, 0) is 9.47 Å². The van der Waals surface area contributed by atoms with E-state index in [0.29, 0.717) is 81.9 Å². The first kappa shape index (κ1) is 68.7. The molecule has 0 aliphatic carbocycles. The van der Waals surface area contributed by atoms with Crippen LogP contribution in [0.15, 0.2) is 91.0 Å². The Morgan fingerprint density at radius 3 is 1.04 bits per heavy atom. The minimum atomic E-state index is -1.07. The van der Waals surface area contributed by atoms with Crippen LogP contribution in [0.3, 0.4) is 0 Å². The van der Waals surface area contributed by atoms with E-state index in [-0.39, 0.29) is 83.0 Å². The van der Waals surface area contributed by atoms with Gasteiger partial charge in [-0.25, -0.2) is 19.2 Å². The molecule has 0 spiro atoms. The van der Waals surface area contributed by atoms with Crippen LogP contribution < -0.4 is 49.4 Å². The first-order valence-electron chi connectivity index (χ1n) is 22.1. The third kappa shape index (κ3) is 20.2. The van der Waals surface area contributed by atoms with E-state index < -0.39 is 23.8 Å². The summed E-state index contributed by atoms with van der Waals surface area (Å²) in [6.45, 7) is 11.9. The number of esters is 2. The van der Waals surface area contributed by atoms with Crippen molar-refractivity contribution < 1.29 is 87.0 Å². The molecule has 0 radical (unpaired) electrons. The normalized spacial score (nSPS) is 9.84. The van der Waals surface area contributed by atoms with Crippen molar-refractivity contribution in [1.29, 1.82) is 0 Å². The van der Waals surface area contributed by atoms with Crippen LogP contribution in [0.4, 0.5) is 17.1 Å². The number of halogens is 6. The zero-order valence-corrected chi connectivity index (χ0v) is 47.5. The molecule has 0 aliphatic rings. The molecule has 2 amide bonds. The quantitative estimate of drug-likeness (QED) is 0.0385. The summed E-state index contributed by atoms with van der Waals surface area (Å²) in [5, 5.41) is 24.6. The van der Waals surface area contributed by atoms with Crippen LogP contribution in [0.1, 0.15) is 99.6 Å². The fourth-order valence-electron chi connectivity index (χ4n) is 6.41. The second-order valence-corrected chi connectivity index (χ2v) is 17.7. The first-order chi connectivity index (χ1) is 35.4. The molecule has 0 fully saturated rings. The number of ether oxygens (including phenoxy) is 5. The van der Waals surface area contributed by atoms with Gasteiger partial charge in [0.15, 0.2) is 17.2 Å². The number of carbonyl (C=O) groups is 6. The van der Waals surface area contributed by atoms with Crippen LogP contribution >= 0.6 is 69.6 Å². The summed E-state index contributed by atoms with van der Waals surface area (Å²) in [6.07, 6.45) is 0. The van der Waals surface area contributed by atoms with Crippen molar-refractivity contribution in [3.63, 3.8) is 0 Å². The molecule has 17 nitrogen and oxygen atoms in total. The number of hydrogen-bond acceptors (Lipinski definition) is 13. The molecule has 0 bridgehead atoms. The van der Waals surface area contributed by atoms with Crippen molar-refractivity contribution in [2.24, 2.45) is 0 Å². The molecule has 0 saturated heterocycles. The van der Waals surface area contributed by atoms with E-state index in [1.54, 1.807) is 70.2 Å². The number of carboxylic acid groups (broad SMARTS) is 2. The smallest absolute Gasteiger partial charge is 0.870 e. The molecule has 0 unspecified atom stereocenters. The molecule has 7 N–H and O–H groups in total. The van der Waals surface area contributed by atoms with E-state index >= 15 is 0 Å². The topological polar surface area (TPSA) is 269 Å². The van der Waals surface area contributed by atoms with Gasteiger partial charge >= 0.3 is 42.7 Å². The number of nitrogen functional groups attached to an aromatic ring is 1. The molecular weight excluding hydrogens is 1120 g/mol. The van der Waals surface area contributed by atoms with Crippen molar-refractivity contribution >= 4 is 122 Å². The van der Waals surface area contributed by atoms with Crippen molar-refractivity contribution in [1.82, 2.24) is 0 Å². The van der Waals surface area contributed by atoms with E-state index in [9.17, 15) is 28.8 Å². The molecule has 6 aromatic rings. The molecule has 6 aromatic carbocycles. The fraction of sp³-hybridized carbons (Fsp3) is 0.208. The van der Waals surface area contributed by atoms with E-state index in [1.807, 2.05) is 13.8 Å². The molecule has 6 rings (SSSR count). The van der Waals surface area contributed by atoms with Gasteiger partial charge in [-0.2, -0.15) is 0 Å². The van der Waals surface area contributed by atoms with Gasteiger partial charge in [0, 0.05) is 28.2 Å². The molecule has 77 heavy (non-hydrogen) atoms. The summed E-state index contributed by atoms with van der Waals surface area (Å²) in [7, 11) is 2.68. The number of carbonyl (C=O) groups excluding carboxylic acids is 4. The summed E-state index contributed by atoms with van der Waals surface area (Å²) in [4.78, 5) is 69.1. The zero-order valence-electron chi connectivity index (χ0n) is 43.0. The molecule has 24 heteroatoms. The number of nitrogens with one attached hydrogen (secondary N) is 2. The second kappa shape index (κ2) is 33.0. The molecule has 406 valence electrons. The molecule has 0 heterocycles. The number of anilines is 3. The Balaban J connectivity index is 0.000000531. The molecule has 0 saturated carbocycles. The summed E-state index contributed by atoms with van der Waals surface area (Å²) in [5.41, 5.74) is 11.0. The van der Waals surface area contributed by atoms with Gasteiger partial charge in [0.25, 0.3) is 11.8 Å². The Labute approximate surface area is 486 Å². The third-order valence-electron chi connectivity index (χ3n) is 9.89. The van der Waals surface area contributed by atoms with Gasteiger partial charge < -0.3 is 55.7 Å². The van der Waals surface area contributed by atoms with Crippen LogP contribution in [0.2, 0.25) is 30.1 Å². The summed E-state index contributed by atoms with van der Waals surface area (Å²) in [5.74, 6) is -2.64. The maximum absolute atomic E-state index is 12.4. The van der Waals surface area contributed by atoms with Gasteiger partial charge in [0.1, 0.15) is 0 Å². The largest absolute Gasteiger partial charge is 1.00 e. The Morgan fingerprint density at radius 1 is 0.468 bits per heavy atom. The number of carboxylic acids is 2. The van der Waals surface area contributed by atoms with Crippen LogP contribution in [0, 0.1) is 20.8 Å². The summed E-state index contributed by atoms with van der Waals surface area (Å²) in [6, 6.07) is 23.0. The van der Waals surface area contributed by atoms with Crippen molar-refractivity contribution in [3.05, 3.63) is 171 Å². The Bertz CT molecular complexity index is 3020. The van der Waals surface area contributed by atoms with Gasteiger partial charge in [0.05, 0.1) is 86.4 Å². The summed E-state index contributed by atoms with van der Waals surface area (Å²) >= 11 is 36.0. The fourth-order valence-corrected chi connectivity index (χ4v) is 8.19. The number of nitrogens with two attached hydrogens (primary N) is 1. The van der Waals surface area contributed by atoms with Crippen molar-refractivity contribution in [2.45, 2.75) is 41.5 Å². The molecule has 0 atom stereocenters.